The Balaban J connectivity index is 1.45. The third-order valence-corrected chi connectivity index (χ3v) is 6.77. The molecule has 2 aromatic carbocycles. The lowest BCUT2D eigenvalue weighted by Gasteiger charge is -2.26. The first-order valence-electron chi connectivity index (χ1n) is 11.2. The van der Waals surface area contributed by atoms with E-state index in [1.54, 1.807) is 12.1 Å². The van der Waals surface area contributed by atoms with Crippen LogP contribution in [-0.2, 0) is 27.8 Å². The van der Waals surface area contributed by atoms with Crippen LogP contribution in [0.4, 0.5) is 15.9 Å². The van der Waals surface area contributed by atoms with E-state index in [0.29, 0.717) is 5.82 Å². The SMILES string of the molecule is COC(=O)C1(c2ccc(Nc3nc(-c4ccc(F)cc4)nc4c3CCC4)cc2)CCCC1. The third kappa shape index (κ3) is 3.64. The number of hydrogen-bond acceptors (Lipinski definition) is 5. The predicted molar refractivity (Wildman–Crippen MR) is 121 cm³/mol. The van der Waals surface area contributed by atoms with Crippen molar-refractivity contribution in [1.29, 1.82) is 0 Å². The van der Waals surface area contributed by atoms with Crippen molar-refractivity contribution in [2.45, 2.75) is 50.4 Å². The summed E-state index contributed by atoms with van der Waals surface area (Å²) < 4.78 is 18.5. The molecule has 32 heavy (non-hydrogen) atoms. The molecule has 0 saturated heterocycles. The first kappa shape index (κ1) is 20.6. The predicted octanol–water partition coefficient (Wildman–Crippen LogP) is 5.50. The van der Waals surface area contributed by atoms with Crippen LogP contribution in [0.15, 0.2) is 48.5 Å². The zero-order valence-corrected chi connectivity index (χ0v) is 18.2. The molecule has 1 aromatic heterocycles. The van der Waals surface area contributed by atoms with E-state index < -0.39 is 5.41 Å². The Morgan fingerprint density at radius 2 is 1.69 bits per heavy atom. The Hall–Kier alpha value is -3.28. The number of hydrogen-bond donors (Lipinski definition) is 1. The molecular formula is C26H26FN3O2. The minimum Gasteiger partial charge on any atom is -0.468 e. The molecule has 1 N–H and O–H groups in total. The minimum absolute atomic E-state index is 0.145. The highest BCUT2D eigenvalue weighted by atomic mass is 19.1. The molecule has 5 rings (SSSR count). The number of methoxy groups -OCH3 is 1. The molecule has 3 aromatic rings. The standard InChI is InChI=1S/C26H26FN3O2/c1-32-25(31)26(15-2-3-16-26)18-9-13-20(14-10-18)28-24-21-5-4-6-22(21)29-23(30-24)17-7-11-19(27)12-8-17/h7-14H,2-6,15-16H2,1H3,(H,28,29,30). The molecule has 6 heteroatoms. The number of nitrogens with zero attached hydrogens (tertiary/aromatic N) is 2. The van der Waals surface area contributed by atoms with Gasteiger partial charge in [0, 0.05) is 22.5 Å². The number of halogens is 1. The van der Waals surface area contributed by atoms with Crippen molar-refractivity contribution in [2.75, 3.05) is 12.4 Å². The Kier molecular flexibility index (Phi) is 5.37. The Labute approximate surface area is 187 Å². The van der Waals surface area contributed by atoms with Gasteiger partial charge in [0.25, 0.3) is 0 Å². The number of fused-ring (bicyclic) bond motifs is 1. The fourth-order valence-corrected chi connectivity index (χ4v) is 5.06. The maximum atomic E-state index is 13.4. The summed E-state index contributed by atoms with van der Waals surface area (Å²) in [5, 5.41) is 3.46. The lowest BCUT2D eigenvalue weighted by atomic mass is 9.79. The number of aryl methyl sites for hydroxylation is 1. The molecule has 1 fully saturated rings. The van der Waals surface area contributed by atoms with Gasteiger partial charge in [-0.3, -0.25) is 4.79 Å². The zero-order valence-electron chi connectivity index (χ0n) is 18.2. The first-order valence-corrected chi connectivity index (χ1v) is 11.2. The van der Waals surface area contributed by atoms with Gasteiger partial charge in [0.2, 0.25) is 0 Å². The molecule has 5 nitrogen and oxygen atoms in total. The minimum atomic E-state index is -0.529. The maximum absolute atomic E-state index is 13.4. The second-order valence-electron chi connectivity index (χ2n) is 8.66. The fraction of sp³-hybridized carbons (Fsp3) is 0.346. The molecule has 0 amide bonds. The van der Waals surface area contributed by atoms with Crippen LogP contribution in [0.25, 0.3) is 11.4 Å². The summed E-state index contributed by atoms with van der Waals surface area (Å²) in [6, 6.07) is 14.3. The van der Waals surface area contributed by atoms with Gasteiger partial charge >= 0.3 is 5.97 Å². The second kappa shape index (κ2) is 8.34. The van der Waals surface area contributed by atoms with Crippen molar-refractivity contribution in [2.24, 2.45) is 0 Å². The van der Waals surface area contributed by atoms with Crippen molar-refractivity contribution in [3.8, 4) is 11.4 Å². The molecule has 1 heterocycles. The first-order chi connectivity index (χ1) is 15.6. The quantitative estimate of drug-likeness (QED) is 0.541. The molecular weight excluding hydrogens is 405 g/mol. The van der Waals surface area contributed by atoms with Crippen molar-refractivity contribution >= 4 is 17.5 Å². The molecule has 2 aliphatic rings. The van der Waals surface area contributed by atoms with Crippen molar-refractivity contribution in [3.63, 3.8) is 0 Å². The molecule has 0 spiro atoms. The van der Waals surface area contributed by atoms with Crippen LogP contribution in [0.5, 0.6) is 0 Å². The Morgan fingerprint density at radius 1 is 0.969 bits per heavy atom. The van der Waals surface area contributed by atoms with E-state index in [1.807, 2.05) is 24.3 Å². The van der Waals surface area contributed by atoms with Crippen molar-refractivity contribution in [1.82, 2.24) is 9.97 Å². The summed E-state index contributed by atoms with van der Waals surface area (Å²) in [5.74, 6) is 0.970. The summed E-state index contributed by atoms with van der Waals surface area (Å²) in [4.78, 5) is 22.1. The Bertz CT molecular complexity index is 1140. The highest BCUT2D eigenvalue weighted by Crippen LogP contribution is 2.42. The van der Waals surface area contributed by atoms with E-state index in [2.05, 4.69) is 5.32 Å². The number of aromatic nitrogens is 2. The van der Waals surface area contributed by atoms with E-state index >= 15 is 0 Å². The highest BCUT2D eigenvalue weighted by molar-refractivity contribution is 5.83. The van der Waals surface area contributed by atoms with Gasteiger partial charge in [-0.2, -0.15) is 0 Å². The summed E-state index contributed by atoms with van der Waals surface area (Å²) >= 11 is 0. The number of carbonyl (C=O) groups excluding carboxylic acids is 1. The molecule has 0 radical (unpaired) electrons. The lowest BCUT2D eigenvalue weighted by molar-refractivity contribution is -0.147. The normalized spacial score (nSPS) is 16.6. The molecule has 0 bridgehead atoms. The molecule has 0 unspecified atom stereocenters. The van der Waals surface area contributed by atoms with E-state index in [9.17, 15) is 9.18 Å². The lowest BCUT2D eigenvalue weighted by Crippen LogP contribution is -2.33. The summed E-state index contributed by atoms with van der Waals surface area (Å²) in [6.07, 6.45) is 6.63. The molecule has 1 saturated carbocycles. The monoisotopic (exact) mass is 431 g/mol. The molecule has 0 atom stereocenters. The third-order valence-electron chi connectivity index (χ3n) is 6.77. The van der Waals surface area contributed by atoms with Gasteiger partial charge in [-0.25, -0.2) is 14.4 Å². The van der Waals surface area contributed by atoms with Crippen LogP contribution in [0, 0.1) is 5.82 Å². The fourth-order valence-electron chi connectivity index (χ4n) is 5.06. The second-order valence-corrected chi connectivity index (χ2v) is 8.66. The van der Waals surface area contributed by atoms with E-state index in [1.165, 1.54) is 19.2 Å². The maximum Gasteiger partial charge on any atom is 0.316 e. The number of esters is 1. The van der Waals surface area contributed by atoms with Crippen LogP contribution in [0.1, 0.15) is 48.9 Å². The van der Waals surface area contributed by atoms with E-state index in [0.717, 1.165) is 78.8 Å². The topological polar surface area (TPSA) is 64.1 Å². The average molecular weight is 432 g/mol. The molecule has 164 valence electrons. The van der Waals surface area contributed by atoms with E-state index in [4.69, 9.17) is 14.7 Å². The largest absolute Gasteiger partial charge is 0.468 e. The smallest absolute Gasteiger partial charge is 0.316 e. The van der Waals surface area contributed by atoms with Crippen molar-refractivity contribution < 1.29 is 13.9 Å². The van der Waals surface area contributed by atoms with Crippen LogP contribution < -0.4 is 5.32 Å². The van der Waals surface area contributed by atoms with Crippen molar-refractivity contribution in [3.05, 3.63) is 71.2 Å². The number of carbonyl (C=O) groups is 1. The van der Waals surface area contributed by atoms with Crippen LogP contribution in [0.2, 0.25) is 0 Å². The van der Waals surface area contributed by atoms with Crippen LogP contribution >= 0.6 is 0 Å². The van der Waals surface area contributed by atoms with Gasteiger partial charge in [-0.15, -0.1) is 0 Å². The number of ether oxygens (including phenoxy) is 1. The molecule has 0 aliphatic heterocycles. The number of benzene rings is 2. The number of nitrogens with one attached hydrogen (secondary N) is 1. The summed E-state index contributed by atoms with van der Waals surface area (Å²) in [7, 11) is 1.46. The number of anilines is 2. The summed E-state index contributed by atoms with van der Waals surface area (Å²) in [5.41, 5.74) is 4.37. The van der Waals surface area contributed by atoms with Gasteiger partial charge in [-0.05, 0) is 74.1 Å². The van der Waals surface area contributed by atoms with Gasteiger partial charge in [-0.1, -0.05) is 25.0 Å². The van der Waals surface area contributed by atoms with E-state index in [-0.39, 0.29) is 11.8 Å². The molecule has 2 aliphatic carbocycles. The van der Waals surface area contributed by atoms with Gasteiger partial charge in [0.05, 0.1) is 12.5 Å². The van der Waals surface area contributed by atoms with Gasteiger partial charge < -0.3 is 10.1 Å². The highest BCUT2D eigenvalue weighted by Gasteiger charge is 2.43. The van der Waals surface area contributed by atoms with Gasteiger partial charge in [0.1, 0.15) is 11.6 Å². The summed E-state index contributed by atoms with van der Waals surface area (Å²) in [6.45, 7) is 0. The van der Waals surface area contributed by atoms with Crippen LogP contribution in [-0.4, -0.2) is 23.0 Å². The van der Waals surface area contributed by atoms with Crippen LogP contribution in [0.3, 0.4) is 0 Å². The van der Waals surface area contributed by atoms with Gasteiger partial charge in [0.15, 0.2) is 5.82 Å². The number of rotatable bonds is 5. The zero-order chi connectivity index (χ0) is 22.1. The average Bonchev–Trinajstić information content (AvgIpc) is 3.50. The Morgan fingerprint density at radius 3 is 2.38 bits per heavy atom.